The molecule has 2 atom stereocenters. The number of unbranched alkanes of at least 4 members (excludes halogenated alkanes) is 3. The van der Waals surface area contributed by atoms with Crippen LogP contribution >= 0.6 is 35.3 Å². The van der Waals surface area contributed by atoms with E-state index >= 15 is 0 Å². The summed E-state index contributed by atoms with van der Waals surface area (Å²) >= 11 is 5.16. The SMILES string of the molecule is CC(C)(C)CSc1ncccc1/C=C/C(=O)NC1CCCC(O)C1.COc1ccc(NC(=O)c2cc(OCCCN(C)C)nn2Cc2ccccc2)cc1.Cc1ccc(Sc2ccccc2/C=C\C(=O)CCCCCN(C)C)cc1.Cc1ccc(Sc2ccccc2/C=C\C(=O)NCCCCN(C)C)cc1. The summed E-state index contributed by atoms with van der Waals surface area (Å²) in [5, 5.41) is 24.0. The number of aliphatic hydroxyl groups is 1. The summed E-state index contributed by atoms with van der Waals surface area (Å²) in [5.41, 5.74) is 8.04. The van der Waals surface area contributed by atoms with Crippen molar-refractivity contribution in [2.75, 3.05) is 93.3 Å². The van der Waals surface area contributed by atoms with Gasteiger partial charge in [0.2, 0.25) is 17.7 Å². The quantitative estimate of drug-likeness (QED) is 0.0170. The molecule has 16 nitrogen and oxygen atoms in total. The minimum Gasteiger partial charge on any atom is -0.497 e. The predicted octanol–water partition coefficient (Wildman–Crippen LogP) is 17.6. The lowest BCUT2D eigenvalue weighted by Gasteiger charge is -2.26. The number of anilines is 1. The molecule has 0 bridgehead atoms. The van der Waals surface area contributed by atoms with Gasteiger partial charge in [0.15, 0.2) is 5.78 Å². The minimum atomic E-state index is -0.285. The summed E-state index contributed by atoms with van der Waals surface area (Å²) < 4.78 is 12.6. The fraction of sp³-hybridized carbons (Fsp3) is 0.379. The molecule has 2 aromatic heterocycles. The Bertz CT molecular complexity index is 3860. The average molecular weight is 1490 g/mol. The van der Waals surface area contributed by atoms with Crippen LogP contribution in [0.3, 0.4) is 0 Å². The molecule has 0 saturated heterocycles. The number of pyridine rings is 1. The molecule has 1 saturated carbocycles. The second-order valence-corrected chi connectivity index (χ2v) is 31.5. The van der Waals surface area contributed by atoms with Crippen molar-refractivity contribution in [1.82, 2.24) is 40.1 Å². The molecule has 1 aliphatic rings. The number of ketones is 1. The highest BCUT2D eigenvalue weighted by Crippen LogP contribution is 2.34. The van der Waals surface area contributed by atoms with Crippen LogP contribution in [0.2, 0.25) is 0 Å². The summed E-state index contributed by atoms with van der Waals surface area (Å²) in [4.78, 5) is 64.8. The van der Waals surface area contributed by atoms with Gasteiger partial charge in [-0.2, -0.15) is 0 Å². The number of carbonyl (C=O) groups excluding carboxylic acids is 4. The number of amides is 3. The Morgan fingerprint density at radius 1 is 0.623 bits per heavy atom. The third kappa shape index (κ3) is 35.7. The standard InChI is InChI=1S/C23H28N4O3.C23H29NOS.C22H28N2OS.C19H28N2O2S/c1-26(2)14-7-15-30-22-16-21(27(25-22)17-18-8-5-4-6-9-18)23(28)24-19-10-12-20(29-3)13-11-19;1-19-12-16-22(17-13-19)26-23-11-7-6-9-20(23)14-15-21(25)10-5-4-8-18-24(2)3;1-18-10-13-20(14-11-18)26-21-9-5-4-8-19(21)12-15-22(25)23-16-6-7-17-24(2)3;1-19(2,3)13-24-18-14(6-5-11-20-18)9-10-17(23)21-15-7-4-8-16(22)12-15/h4-6,8-13,16H,7,14-15,17H2,1-3H3,(H,24,28);6-7,9,11-17H,4-5,8,10,18H2,1-3H3;4-5,8-15H,6-7,16-17H2,1-3H3,(H,23,25);5-6,9-11,15-16,22H,4,7-8,12-13H2,1-3H3,(H,21,23)/b;15-14-;15-12-;10-9+. The average Bonchev–Trinajstić information content (AvgIpc) is 1.66. The van der Waals surface area contributed by atoms with E-state index in [1.165, 1.54) is 25.8 Å². The number of nitrogens with one attached hydrogen (secondary N) is 3. The number of aromatic nitrogens is 3. The number of hydrogen-bond acceptors (Lipinski definition) is 15. The van der Waals surface area contributed by atoms with Crippen molar-refractivity contribution < 1.29 is 33.8 Å². The Morgan fingerprint density at radius 2 is 1.18 bits per heavy atom. The number of carbonyl (C=O) groups is 4. The summed E-state index contributed by atoms with van der Waals surface area (Å²) in [6.07, 6.45) is 22.3. The smallest absolute Gasteiger partial charge is 0.274 e. The van der Waals surface area contributed by atoms with Gasteiger partial charge in [0.05, 0.1) is 26.4 Å². The van der Waals surface area contributed by atoms with Crippen molar-refractivity contribution >= 4 is 82.7 Å². The van der Waals surface area contributed by atoms with Gasteiger partial charge in [0.25, 0.3) is 5.91 Å². The Labute approximate surface area is 644 Å². The van der Waals surface area contributed by atoms with E-state index in [0.717, 1.165) is 128 Å². The van der Waals surface area contributed by atoms with Crippen LogP contribution in [0.1, 0.15) is 135 Å². The van der Waals surface area contributed by atoms with E-state index in [4.69, 9.17) is 9.47 Å². The number of benzene rings is 6. The largest absolute Gasteiger partial charge is 0.497 e. The molecule has 1 aliphatic carbocycles. The Hall–Kier alpha value is -8.53. The topological polar surface area (TPSA) is 183 Å². The van der Waals surface area contributed by atoms with Crippen molar-refractivity contribution in [3.63, 3.8) is 0 Å². The lowest BCUT2D eigenvalue weighted by molar-refractivity contribution is -0.118. The molecule has 0 aliphatic heterocycles. The maximum absolute atomic E-state index is 12.9. The van der Waals surface area contributed by atoms with Crippen LogP contribution in [-0.2, 0) is 20.9 Å². The van der Waals surface area contributed by atoms with E-state index < -0.39 is 0 Å². The van der Waals surface area contributed by atoms with Crippen molar-refractivity contribution in [2.24, 2.45) is 5.41 Å². The number of aryl methyl sites for hydroxylation is 2. The second-order valence-electron chi connectivity index (χ2n) is 28.3. The summed E-state index contributed by atoms with van der Waals surface area (Å²) in [5.74, 6) is 1.98. The third-order valence-electron chi connectivity index (χ3n) is 16.4. The fourth-order valence-corrected chi connectivity index (χ4v) is 13.5. The van der Waals surface area contributed by atoms with Crippen LogP contribution in [0.4, 0.5) is 5.69 Å². The number of rotatable bonds is 34. The van der Waals surface area contributed by atoms with Gasteiger partial charge < -0.3 is 45.2 Å². The van der Waals surface area contributed by atoms with Gasteiger partial charge in [0, 0.05) is 86.6 Å². The van der Waals surface area contributed by atoms with Crippen LogP contribution < -0.4 is 25.4 Å². The first-order chi connectivity index (χ1) is 51.0. The van der Waals surface area contributed by atoms with Gasteiger partial charge in [-0.1, -0.05) is 165 Å². The van der Waals surface area contributed by atoms with Gasteiger partial charge in [0.1, 0.15) is 16.5 Å². The zero-order valence-corrected chi connectivity index (χ0v) is 66.8. The lowest BCUT2D eigenvalue weighted by Crippen LogP contribution is -2.38. The van der Waals surface area contributed by atoms with Crippen LogP contribution in [-0.4, -0.2) is 158 Å². The molecule has 3 amide bonds. The van der Waals surface area contributed by atoms with Crippen LogP contribution in [0.25, 0.3) is 18.2 Å². The highest BCUT2D eigenvalue weighted by molar-refractivity contribution is 7.99. The van der Waals surface area contributed by atoms with Gasteiger partial charge in [-0.25, -0.2) is 4.98 Å². The summed E-state index contributed by atoms with van der Waals surface area (Å²) in [6.45, 7) is 15.6. The molecule has 1 fully saturated rings. The second kappa shape index (κ2) is 47.9. The van der Waals surface area contributed by atoms with Gasteiger partial charge in [-0.15, -0.1) is 16.9 Å². The molecule has 19 heteroatoms. The maximum atomic E-state index is 12.9. The zero-order valence-electron chi connectivity index (χ0n) is 64.4. The normalized spacial score (nSPS) is 13.5. The first kappa shape index (κ1) is 86.4. The molecule has 8 aromatic rings. The van der Waals surface area contributed by atoms with E-state index in [-0.39, 0.29) is 41.1 Å². The number of thioether (sulfide) groups is 1. The Morgan fingerprint density at radius 3 is 1.77 bits per heavy atom. The van der Waals surface area contributed by atoms with Crippen molar-refractivity contribution in [2.45, 2.75) is 149 Å². The van der Waals surface area contributed by atoms with Crippen LogP contribution in [0.5, 0.6) is 11.6 Å². The van der Waals surface area contributed by atoms with E-state index in [0.29, 0.717) is 43.3 Å². The molecule has 566 valence electrons. The number of ether oxygens (including phenoxy) is 2. The van der Waals surface area contributed by atoms with Crippen LogP contribution in [0, 0.1) is 19.3 Å². The molecular formula is C87H113N9O7S3. The molecular weight excluding hydrogens is 1380 g/mol. The Kier molecular flexibility index (Phi) is 39.0. The van der Waals surface area contributed by atoms with Gasteiger partial charge in [-0.3, -0.25) is 23.9 Å². The van der Waals surface area contributed by atoms with E-state index in [9.17, 15) is 24.3 Å². The summed E-state index contributed by atoms with van der Waals surface area (Å²) in [7, 11) is 13.9. The molecule has 0 spiro atoms. The maximum Gasteiger partial charge on any atom is 0.274 e. The van der Waals surface area contributed by atoms with Crippen LogP contribution in [0.15, 0.2) is 219 Å². The molecule has 2 heterocycles. The number of nitrogens with zero attached hydrogens (tertiary/aromatic N) is 6. The Balaban J connectivity index is 0.000000222. The first-order valence-corrected chi connectivity index (χ1v) is 39.3. The molecule has 2 unspecified atom stereocenters. The monoisotopic (exact) mass is 1490 g/mol. The van der Waals surface area contributed by atoms with Crippen molar-refractivity contribution in [1.29, 1.82) is 0 Å². The highest BCUT2D eigenvalue weighted by atomic mass is 32.2. The van der Waals surface area contributed by atoms with Crippen molar-refractivity contribution in [3.8, 4) is 11.6 Å². The molecule has 106 heavy (non-hydrogen) atoms. The van der Waals surface area contributed by atoms with Crippen molar-refractivity contribution in [3.05, 3.63) is 233 Å². The molecule has 6 aromatic carbocycles. The lowest BCUT2D eigenvalue weighted by atomic mass is 9.93. The zero-order chi connectivity index (χ0) is 76.5. The number of aliphatic hydroxyl groups excluding tert-OH is 1. The number of methoxy groups -OCH3 is 1. The van der Waals surface area contributed by atoms with E-state index in [1.54, 1.807) is 102 Å². The number of allylic oxidation sites excluding steroid dienone is 1. The summed E-state index contributed by atoms with van der Waals surface area (Å²) in [6, 6.07) is 56.1. The van der Waals surface area contributed by atoms with Gasteiger partial charge in [-0.05, 0) is 234 Å². The predicted molar refractivity (Wildman–Crippen MR) is 442 cm³/mol. The van der Waals surface area contributed by atoms with E-state index in [1.807, 2.05) is 105 Å². The fourth-order valence-electron chi connectivity index (χ4n) is 10.6. The van der Waals surface area contributed by atoms with Gasteiger partial charge >= 0.3 is 0 Å². The van der Waals surface area contributed by atoms with E-state index in [2.05, 4.69) is 170 Å². The molecule has 9 rings (SSSR count). The minimum absolute atomic E-state index is 0.0370. The first-order valence-electron chi connectivity index (χ1n) is 36.7. The molecule has 0 radical (unpaired) electrons. The third-order valence-corrected chi connectivity index (χ3v) is 20.2. The number of hydrogen-bond donors (Lipinski definition) is 4. The molecule has 4 N–H and O–H groups in total. The highest BCUT2D eigenvalue weighted by Gasteiger charge is 2.22.